The smallest absolute Gasteiger partial charge is 0.293 e. The SMILES string of the molecule is CC(C)n1c2c(c(-c3ccccc3)nc1=O)CCCC2. The van der Waals surface area contributed by atoms with Crippen LogP contribution in [0, 0.1) is 0 Å². The van der Waals surface area contributed by atoms with E-state index < -0.39 is 0 Å². The summed E-state index contributed by atoms with van der Waals surface area (Å²) in [5.41, 5.74) is 4.31. The molecular weight excluding hydrogens is 248 g/mol. The molecule has 1 aromatic carbocycles. The quantitative estimate of drug-likeness (QED) is 0.837. The zero-order valence-corrected chi connectivity index (χ0v) is 12.1. The number of nitrogens with zero attached hydrogens (tertiary/aromatic N) is 2. The molecule has 0 amide bonds. The van der Waals surface area contributed by atoms with Crippen LogP contribution in [0.3, 0.4) is 0 Å². The van der Waals surface area contributed by atoms with Gasteiger partial charge in [0.1, 0.15) is 0 Å². The number of aromatic nitrogens is 2. The number of benzene rings is 1. The van der Waals surface area contributed by atoms with Gasteiger partial charge in [-0.2, -0.15) is 4.98 Å². The highest BCUT2D eigenvalue weighted by Crippen LogP contribution is 2.29. The molecule has 0 N–H and O–H groups in total. The summed E-state index contributed by atoms with van der Waals surface area (Å²) in [5, 5.41) is 0. The molecule has 20 heavy (non-hydrogen) atoms. The number of rotatable bonds is 2. The summed E-state index contributed by atoms with van der Waals surface area (Å²) in [5.74, 6) is 0. The third-order valence-corrected chi connectivity index (χ3v) is 3.99. The van der Waals surface area contributed by atoms with Crippen LogP contribution in [-0.2, 0) is 12.8 Å². The van der Waals surface area contributed by atoms with E-state index in [0.717, 1.165) is 30.5 Å². The van der Waals surface area contributed by atoms with E-state index in [2.05, 4.69) is 18.8 Å². The zero-order chi connectivity index (χ0) is 14.1. The summed E-state index contributed by atoms with van der Waals surface area (Å²) in [6.45, 7) is 4.11. The van der Waals surface area contributed by atoms with Gasteiger partial charge in [0.05, 0.1) is 5.69 Å². The molecule has 104 valence electrons. The van der Waals surface area contributed by atoms with E-state index in [4.69, 9.17) is 0 Å². The molecule has 0 saturated heterocycles. The second-order valence-electron chi connectivity index (χ2n) is 5.71. The molecular formula is C17H20N2O. The predicted octanol–water partition coefficient (Wildman–Crippen LogP) is 3.37. The summed E-state index contributed by atoms with van der Waals surface area (Å²) in [7, 11) is 0. The Bertz CT molecular complexity index is 671. The van der Waals surface area contributed by atoms with Gasteiger partial charge in [0.25, 0.3) is 0 Å². The average molecular weight is 268 g/mol. The van der Waals surface area contributed by atoms with Crippen molar-refractivity contribution in [1.29, 1.82) is 0 Å². The highest BCUT2D eigenvalue weighted by Gasteiger charge is 2.21. The Balaban J connectivity index is 2.27. The van der Waals surface area contributed by atoms with Crippen molar-refractivity contribution in [1.82, 2.24) is 9.55 Å². The molecule has 1 aliphatic carbocycles. The van der Waals surface area contributed by atoms with E-state index >= 15 is 0 Å². The lowest BCUT2D eigenvalue weighted by atomic mass is 9.91. The predicted molar refractivity (Wildman–Crippen MR) is 81.0 cm³/mol. The van der Waals surface area contributed by atoms with Crippen LogP contribution in [-0.4, -0.2) is 9.55 Å². The van der Waals surface area contributed by atoms with Crippen molar-refractivity contribution in [2.75, 3.05) is 0 Å². The van der Waals surface area contributed by atoms with Gasteiger partial charge in [0.2, 0.25) is 0 Å². The molecule has 0 bridgehead atoms. The number of hydrogen-bond acceptors (Lipinski definition) is 2. The van der Waals surface area contributed by atoms with Crippen LogP contribution in [0.4, 0.5) is 0 Å². The Kier molecular flexibility index (Phi) is 3.43. The fourth-order valence-electron chi connectivity index (χ4n) is 3.11. The Hall–Kier alpha value is -1.90. The molecule has 0 unspecified atom stereocenters. The zero-order valence-electron chi connectivity index (χ0n) is 12.1. The molecule has 0 fully saturated rings. The van der Waals surface area contributed by atoms with Crippen LogP contribution in [0.25, 0.3) is 11.3 Å². The fourth-order valence-corrected chi connectivity index (χ4v) is 3.11. The van der Waals surface area contributed by atoms with Gasteiger partial charge < -0.3 is 0 Å². The second kappa shape index (κ2) is 5.23. The molecule has 0 atom stereocenters. The topological polar surface area (TPSA) is 34.9 Å². The first-order valence-electron chi connectivity index (χ1n) is 7.38. The Morgan fingerprint density at radius 2 is 1.80 bits per heavy atom. The Labute approximate surface area is 119 Å². The van der Waals surface area contributed by atoms with Gasteiger partial charge >= 0.3 is 5.69 Å². The van der Waals surface area contributed by atoms with Crippen molar-refractivity contribution >= 4 is 0 Å². The Morgan fingerprint density at radius 1 is 1.10 bits per heavy atom. The molecule has 1 aliphatic rings. The largest absolute Gasteiger partial charge is 0.348 e. The van der Waals surface area contributed by atoms with Gasteiger partial charge in [-0.25, -0.2) is 4.79 Å². The van der Waals surface area contributed by atoms with Gasteiger partial charge in [0.15, 0.2) is 0 Å². The standard InChI is InChI=1S/C17H20N2O/c1-12(2)19-15-11-7-6-10-14(15)16(18-17(19)20)13-8-4-3-5-9-13/h3-5,8-9,12H,6-7,10-11H2,1-2H3. The molecule has 1 aromatic heterocycles. The lowest BCUT2D eigenvalue weighted by Gasteiger charge is -2.24. The molecule has 0 spiro atoms. The molecule has 2 aromatic rings. The molecule has 0 saturated carbocycles. The van der Waals surface area contributed by atoms with Crippen LogP contribution in [0.1, 0.15) is 44.0 Å². The van der Waals surface area contributed by atoms with E-state index in [1.54, 1.807) is 0 Å². The van der Waals surface area contributed by atoms with Crippen LogP contribution in [0.5, 0.6) is 0 Å². The van der Waals surface area contributed by atoms with Crippen molar-refractivity contribution in [3.8, 4) is 11.3 Å². The summed E-state index contributed by atoms with van der Waals surface area (Å²) in [4.78, 5) is 16.8. The second-order valence-corrected chi connectivity index (χ2v) is 5.71. The first-order chi connectivity index (χ1) is 9.68. The number of hydrogen-bond donors (Lipinski definition) is 0. The van der Waals surface area contributed by atoms with Crippen molar-refractivity contribution in [2.24, 2.45) is 0 Å². The highest BCUT2D eigenvalue weighted by atomic mass is 16.1. The molecule has 0 aliphatic heterocycles. The fraction of sp³-hybridized carbons (Fsp3) is 0.412. The Morgan fingerprint density at radius 3 is 2.50 bits per heavy atom. The first-order valence-corrected chi connectivity index (χ1v) is 7.38. The molecule has 3 rings (SSSR count). The van der Waals surface area contributed by atoms with Gasteiger partial charge in [-0.1, -0.05) is 30.3 Å². The minimum atomic E-state index is -0.112. The van der Waals surface area contributed by atoms with Crippen LogP contribution < -0.4 is 5.69 Å². The van der Waals surface area contributed by atoms with Gasteiger partial charge in [-0.15, -0.1) is 0 Å². The molecule has 3 heteroatoms. The van der Waals surface area contributed by atoms with Crippen molar-refractivity contribution in [3.63, 3.8) is 0 Å². The summed E-state index contributed by atoms with van der Waals surface area (Å²) in [6, 6.07) is 10.2. The van der Waals surface area contributed by atoms with E-state index in [0.29, 0.717) is 0 Å². The highest BCUT2D eigenvalue weighted by molar-refractivity contribution is 5.64. The summed E-state index contributed by atoms with van der Waals surface area (Å²) >= 11 is 0. The molecule has 1 heterocycles. The van der Waals surface area contributed by atoms with E-state index in [1.165, 1.54) is 17.7 Å². The van der Waals surface area contributed by atoms with Gasteiger partial charge in [-0.3, -0.25) is 4.57 Å². The molecule has 0 radical (unpaired) electrons. The van der Waals surface area contributed by atoms with Crippen LogP contribution in [0.15, 0.2) is 35.1 Å². The van der Waals surface area contributed by atoms with Crippen molar-refractivity contribution < 1.29 is 0 Å². The average Bonchev–Trinajstić information content (AvgIpc) is 2.47. The monoisotopic (exact) mass is 268 g/mol. The van der Waals surface area contributed by atoms with Gasteiger partial charge in [-0.05, 0) is 45.1 Å². The summed E-state index contributed by atoms with van der Waals surface area (Å²) in [6.07, 6.45) is 4.37. The number of fused-ring (bicyclic) bond motifs is 1. The third-order valence-electron chi connectivity index (χ3n) is 3.99. The van der Waals surface area contributed by atoms with E-state index in [1.807, 2.05) is 34.9 Å². The van der Waals surface area contributed by atoms with E-state index in [9.17, 15) is 4.79 Å². The minimum absolute atomic E-state index is 0.112. The minimum Gasteiger partial charge on any atom is -0.293 e. The normalized spacial score (nSPS) is 14.3. The van der Waals surface area contributed by atoms with E-state index in [-0.39, 0.29) is 11.7 Å². The van der Waals surface area contributed by atoms with Crippen LogP contribution in [0.2, 0.25) is 0 Å². The maximum Gasteiger partial charge on any atom is 0.348 e. The summed E-state index contributed by atoms with van der Waals surface area (Å²) < 4.78 is 1.88. The lowest BCUT2D eigenvalue weighted by Crippen LogP contribution is -2.31. The maximum atomic E-state index is 12.4. The van der Waals surface area contributed by atoms with Crippen molar-refractivity contribution in [2.45, 2.75) is 45.6 Å². The van der Waals surface area contributed by atoms with Crippen LogP contribution >= 0.6 is 0 Å². The first kappa shape index (κ1) is 13.1. The maximum absolute atomic E-state index is 12.4. The van der Waals surface area contributed by atoms with Crippen molar-refractivity contribution in [3.05, 3.63) is 52.1 Å². The lowest BCUT2D eigenvalue weighted by molar-refractivity contribution is 0.507. The third kappa shape index (κ3) is 2.17. The molecule has 3 nitrogen and oxygen atoms in total. The van der Waals surface area contributed by atoms with Gasteiger partial charge in [0, 0.05) is 17.3 Å².